The molecule has 0 aliphatic rings. The Morgan fingerprint density at radius 1 is 1.00 bits per heavy atom. The van der Waals surface area contributed by atoms with Gasteiger partial charge in [-0.1, -0.05) is 35.9 Å². The number of nitrogens with zero attached hydrogens (tertiary/aromatic N) is 2. The molecule has 0 atom stereocenters. The molecule has 0 saturated heterocycles. The Balaban J connectivity index is 1.90. The van der Waals surface area contributed by atoms with Crippen molar-refractivity contribution in [1.29, 1.82) is 0 Å². The van der Waals surface area contributed by atoms with Gasteiger partial charge in [-0.2, -0.15) is 0 Å². The van der Waals surface area contributed by atoms with E-state index < -0.39 is 0 Å². The van der Waals surface area contributed by atoms with Crippen LogP contribution in [-0.2, 0) is 6.54 Å². The van der Waals surface area contributed by atoms with E-state index in [0.29, 0.717) is 0 Å². The summed E-state index contributed by atoms with van der Waals surface area (Å²) in [5.74, 6) is 0.884. The fourth-order valence-electron chi connectivity index (χ4n) is 3.38. The number of aryl methyl sites for hydroxylation is 1. The highest BCUT2D eigenvalue weighted by molar-refractivity contribution is 6.30. The third kappa shape index (κ3) is 2.85. The van der Waals surface area contributed by atoms with Crippen LogP contribution in [0.3, 0.4) is 0 Å². The maximum Gasteiger partial charge on any atom is 0.143 e. The third-order valence-corrected chi connectivity index (χ3v) is 4.86. The molecule has 0 radical (unpaired) electrons. The van der Waals surface area contributed by atoms with Gasteiger partial charge < -0.3 is 9.30 Å². The Kier molecular flexibility index (Phi) is 4.39. The number of halogens is 1. The molecule has 0 saturated carbocycles. The highest BCUT2D eigenvalue weighted by Crippen LogP contribution is 2.36. The lowest BCUT2D eigenvalue weighted by atomic mass is 10.0. The standard InChI is InChI=1S/C22H19ClN2O/c1-3-25-14-20(19-8-5-9-21(26-2)22(19)25)17-10-16(12-24-13-17)15-6-4-7-18(23)11-15/h4-14H,3H2,1-2H3. The summed E-state index contributed by atoms with van der Waals surface area (Å²) in [5, 5.41) is 1.89. The number of pyridine rings is 1. The molecule has 0 bridgehead atoms. The highest BCUT2D eigenvalue weighted by atomic mass is 35.5. The predicted octanol–water partition coefficient (Wildman–Crippen LogP) is 6.05. The summed E-state index contributed by atoms with van der Waals surface area (Å²) in [7, 11) is 1.71. The molecule has 3 nitrogen and oxygen atoms in total. The van der Waals surface area contributed by atoms with Crippen molar-refractivity contribution in [2.24, 2.45) is 0 Å². The average molecular weight is 363 g/mol. The van der Waals surface area contributed by atoms with E-state index in [-0.39, 0.29) is 0 Å². The maximum absolute atomic E-state index is 6.15. The van der Waals surface area contributed by atoms with Crippen LogP contribution in [0.25, 0.3) is 33.2 Å². The molecule has 0 fully saturated rings. The number of aromatic nitrogens is 2. The van der Waals surface area contributed by atoms with Crippen LogP contribution in [0.1, 0.15) is 6.92 Å². The van der Waals surface area contributed by atoms with Crippen molar-refractivity contribution in [2.45, 2.75) is 13.5 Å². The summed E-state index contributed by atoms with van der Waals surface area (Å²) in [4.78, 5) is 4.47. The summed E-state index contributed by atoms with van der Waals surface area (Å²) >= 11 is 6.15. The first-order valence-electron chi connectivity index (χ1n) is 8.58. The topological polar surface area (TPSA) is 27.1 Å². The number of hydrogen-bond donors (Lipinski definition) is 0. The third-order valence-electron chi connectivity index (χ3n) is 4.63. The fourth-order valence-corrected chi connectivity index (χ4v) is 3.57. The van der Waals surface area contributed by atoms with E-state index in [0.717, 1.165) is 50.5 Å². The number of rotatable bonds is 4. The van der Waals surface area contributed by atoms with E-state index in [1.165, 1.54) is 0 Å². The van der Waals surface area contributed by atoms with Crippen molar-refractivity contribution >= 4 is 22.5 Å². The Hall–Kier alpha value is -2.78. The molecule has 0 aliphatic carbocycles. The Morgan fingerprint density at radius 3 is 2.58 bits per heavy atom. The van der Waals surface area contributed by atoms with Crippen molar-refractivity contribution < 1.29 is 4.74 Å². The van der Waals surface area contributed by atoms with Crippen molar-refractivity contribution in [3.05, 3.63) is 72.1 Å². The quantitative estimate of drug-likeness (QED) is 0.441. The maximum atomic E-state index is 6.15. The van der Waals surface area contributed by atoms with Crippen molar-refractivity contribution in [3.63, 3.8) is 0 Å². The van der Waals surface area contributed by atoms with Gasteiger partial charge in [-0.3, -0.25) is 4.98 Å². The number of ether oxygens (including phenoxy) is 1. The molecule has 4 rings (SSSR count). The number of para-hydroxylation sites is 1. The number of methoxy groups -OCH3 is 1. The lowest BCUT2D eigenvalue weighted by Crippen LogP contribution is -1.93. The lowest BCUT2D eigenvalue weighted by Gasteiger charge is -2.06. The van der Waals surface area contributed by atoms with Gasteiger partial charge in [-0.15, -0.1) is 0 Å². The van der Waals surface area contributed by atoms with Gasteiger partial charge in [0.05, 0.1) is 12.6 Å². The second-order valence-electron chi connectivity index (χ2n) is 6.16. The molecular formula is C22H19ClN2O. The van der Waals surface area contributed by atoms with Crippen LogP contribution in [0.2, 0.25) is 5.02 Å². The molecule has 2 aromatic heterocycles. The van der Waals surface area contributed by atoms with E-state index in [2.05, 4.69) is 34.8 Å². The molecule has 0 unspecified atom stereocenters. The van der Waals surface area contributed by atoms with Crippen LogP contribution in [0.4, 0.5) is 0 Å². The van der Waals surface area contributed by atoms with E-state index >= 15 is 0 Å². The van der Waals surface area contributed by atoms with Gasteiger partial charge >= 0.3 is 0 Å². The monoisotopic (exact) mass is 362 g/mol. The molecule has 4 heteroatoms. The van der Waals surface area contributed by atoms with Crippen molar-refractivity contribution in [3.8, 4) is 28.0 Å². The van der Waals surface area contributed by atoms with Crippen LogP contribution in [-0.4, -0.2) is 16.7 Å². The highest BCUT2D eigenvalue weighted by Gasteiger charge is 2.14. The van der Waals surface area contributed by atoms with Gasteiger partial charge in [0.25, 0.3) is 0 Å². The number of benzene rings is 2. The summed E-state index contributed by atoms with van der Waals surface area (Å²) in [5.41, 5.74) is 5.44. The molecule has 2 aromatic carbocycles. The number of fused-ring (bicyclic) bond motifs is 1. The first-order valence-corrected chi connectivity index (χ1v) is 8.96. The van der Waals surface area contributed by atoms with E-state index in [1.54, 1.807) is 7.11 Å². The van der Waals surface area contributed by atoms with Crippen LogP contribution in [0.5, 0.6) is 5.75 Å². The largest absolute Gasteiger partial charge is 0.495 e. The van der Waals surface area contributed by atoms with Crippen LogP contribution >= 0.6 is 11.6 Å². The molecule has 130 valence electrons. The smallest absolute Gasteiger partial charge is 0.143 e. The first kappa shape index (κ1) is 16.7. The van der Waals surface area contributed by atoms with Gasteiger partial charge in [-0.05, 0) is 36.8 Å². The summed E-state index contributed by atoms with van der Waals surface area (Å²) in [6.45, 7) is 3.01. The number of hydrogen-bond acceptors (Lipinski definition) is 2. The zero-order valence-corrected chi connectivity index (χ0v) is 15.5. The van der Waals surface area contributed by atoms with E-state index in [4.69, 9.17) is 16.3 Å². The van der Waals surface area contributed by atoms with Crippen molar-refractivity contribution in [2.75, 3.05) is 7.11 Å². The fraction of sp³-hybridized carbons (Fsp3) is 0.136. The molecule has 0 aliphatic heterocycles. The minimum atomic E-state index is 0.722. The van der Waals surface area contributed by atoms with Gasteiger partial charge in [0.15, 0.2) is 0 Å². The molecule has 0 amide bonds. The van der Waals surface area contributed by atoms with Crippen LogP contribution < -0.4 is 4.74 Å². The second kappa shape index (κ2) is 6.85. The molecule has 0 spiro atoms. The molecule has 26 heavy (non-hydrogen) atoms. The van der Waals surface area contributed by atoms with Gasteiger partial charge in [0, 0.05) is 52.2 Å². The zero-order chi connectivity index (χ0) is 18.1. The molecule has 4 aromatic rings. The lowest BCUT2D eigenvalue weighted by molar-refractivity contribution is 0.417. The minimum absolute atomic E-state index is 0.722. The molecule has 0 N–H and O–H groups in total. The minimum Gasteiger partial charge on any atom is -0.495 e. The summed E-state index contributed by atoms with van der Waals surface area (Å²) in [6, 6.07) is 16.2. The Labute approximate surface area is 157 Å². The first-order chi connectivity index (χ1) is 12.7. The predicted molar refractivity (Wildman–Crippen MR) is 108 cm³/mol. The molecule has 2 heterocycles. The second-order valence-corrected chi connectivity index (χ2v) is 6.59. The van der Waals surface area contributed by atoms with Gasteiger partial charge in [0.2, 0.25) is 0 Å². The zero-order valence-electron chi connectivity index (χ0n) is 14.7. The van der Waals surface area contributed by atoms with Crippen LogP contribution in [0, 0.1) is 0 Å². The van der Waals surface area contributed by atoms with Crippen LogP contribution in [0.15, 0.2) is 67.1 Å². The van der Waals surface area contributed by atoms with Gasteiger partial charge in [0.1, 0.15) is 5.75 Å². The average Bonchev–Trinajstić information content (AvgIpc) is 3.07. The van der Waals surface area contributed by atoms with E-state index in [1.807, 2.05) is 48.8 Å². The Morgan fingerprint density at radius 2 is 1.81 bits per heavy atom. The Bertz CT molecular complexity index is 1080. The summed E-state index contributed by atoms with van der Waals surface area (Å²) in [6.07, 6.45) is 5.95. The van der Waals surface area contributed by atoms with Gasteiger partial charge in [-0.25, -0.2) is 0 Å². The van der Waals surface area contributed by atoms with Crippen molar-refractivity contribution in [1.82, 2.24) is 9.55 Å². The SMILES string of the molecule is CCn1cc(-c2cncc(-c3cccc(Cl)c3)c2)c2cccc(OC)c21. The molecular weight excluding hydrogens is 344 g/mol. The van der Waals surface area contributed by atoms with E-state index in [9.17, 15) is 0 Å². The normalized spacial score (nSPS) is 11.0. The summed E-state index contributed by atoms with van der Waals surface area (Å²) < 4.78 is 7.79.